The van der Waals surface area contributed by atoms with Gasteiger partial charge < -0.3 is 5.32 Å². The third kappa shape index (κ3) is 2.96. The number of nitrogens with zero attached hydrogens (tertiary/aromatic N) is 2. The molecule has 0 aliphatic carbocycles. The van der Waals surface area contributed by atoms with Gasteiger partial charge in [-0.15, -0.1) is 0 Å². The Balaban J connectivity index is 2.42. The summed E-state index contributed by atoms with van der Waals surface area (Å²) < 4.78 is 39.9. The third-order valence-electron chi connectivity index (χ3n) is 2.49. The first-order chi connectivity index (χ1) is 9.90. The lowest BCUT2D eigenvalue weighted by atomic mass is 10.2. The number of anilines is 1. The van der Waals surface area contributed by atoms with Gasteiger partial charge in [-0.05, 0) is 6.07 Å². The van der Waals surface area contributed by atoms with Crippen LogP contribution in [0, 0.1) is 27.6 Å². The summed E-state index contributed by atoms with van der Waals surface area (Å²) in [6.45, 7) is 0. The van der Waals surface area contributed by atoms with Crippen molar-refractivity contribution in [3.8, 4) is 0 Å². The van der Waals surface area contributed by atoms with Crippen molar-refractivity contribution < 1.29 is 22.9 Å². The minimum absolute atomic E-state index is 0.367. The number of nitro groups is 1. The van der Waals surface area contributed by atoms with E-state index in [4.69, 9.17) is 0 Å². The highest BCUT2D eigenvalue weighted by Crippen LogP contribution is 2.29. The van der Waals surface area contributed by atoms with Crippen molar-refractivity contribution in [1.29, 1.82) is 0 Å². The first kappa shape index (κ1) is 14.4. The molecule has 1 N–H and O–H groups in total. The summed E-state index contributed by atoms with van der Waals surface area (Å²) in [5, 5.41) is 12.6. The fraction of sp³-hybridized carbons (Fsp3) is 0. The Morgan fingerprint density at radius 3 is 2.57 bits per heavy atom. The summed E-state index contributed by atoms with van der Waals surface area (Å²) in [4.78, 5) is 24.9. The zero-order chi connectivity index (χ0) is 15.6. The van der Waals surface area contributed by atoms with Gasteiger partial charge in [-0.25, -0.2) is 13.2 Å². The van der Waals surface area contributed by atoms with Crippen molar-refractivity contribution in [3.63, 3.8) is 0 Å². The van der Waals surface area contributed by atoms with Gasteiger partial charge in [-0.1, -0.05) is 0 Å². The maximum atomic E-state index is 13.6. The van der Waals surface area contributed by atoms with Crippen LogP contribution in [-0.4, -0.2) is 15.8 Å². The van der Waals surface area contributed by atoms with Gasteiger partial charge in [0.2, 0.25) is 0 Å². The van der Waals surface area contributed by atoms with E-state index >= 15 is 0 Å². The fourth-order valence-electron chi connectivity index (χ4n) is 1.57. The summed E-state index contributed by atoms with van der Waals surface area (Å²) in [5.41, 5.74) is -2.30. The molecule has 6 nitrogen and oxygen atoms in total. The van der Waals surface area contributed by atoms with Crippen molar-refractivity contribution in [3.05, 3.63) is 63.7 Å². The molecule has 0 aliphatic heterocycles. The fourth-order valence-corrected chi connectivity index (χ4v) is 1.57. The Morgan fingerprint density at radius 2 is 1.95 bits per heavy atom. The van der Waals surface area contributed by atoms with Crippen LogP contribution in [0.2, 0.25) is 0 Å². The van der Waals surface area contributed by atoms with Gasteiger partial charge in [0, 0.05) is 12.3 Å². The van der Waals surface area contributed by atoms with Crippen LogP contribution in [0.1, 0.15) is 10.4 Å². The Kier molecular flexibility index (Phi) is 3.83. The van der Waals surface area contributed by atoms with Crippen molar-refractivity contribution in [2.24, 2.45) is 0 Å². The Hall–Kier alpha value is -2.97. The number of halogens is 3. The van der Waals surface area contributed by atoms with Crippen molar-refractivity contribution in [1.82, 2.24) is 4.98 Å². The van der Waals surface area contributed by atoms with E-state index in [1.165, 1.54) is 0 Å². The molecule has 1 aromatic carbocycles. The predicted octanol–water partition coefficient (Wildman–Crippen LogP) is 2.66. The van der Waals surface area contributed by atoms with Crippen LogP contribution in [0.4, 0.5) is 24.5 Å². The molecule has 1 amide bonds. The second kappa shape index (κ2) is 5.57. The van der Waals surface area contributed by atoms with Crippen LogP contribution in [0.5, 0.6) is 0 Å². The monoisotopic (exact) mass is 297 g/mol. The second-order valence-electron chi connectivity index (χ2n) is 3.85. The second-order valence-corrected chi connectivity index (χ2v) is 3.85. The average molecular weight is 297 g/mol. The maximum absolute atomic E-state index is 13.6. The average Bonchev–Trinajstić information content (AvgIpc) is 2.41. The van der Waals surface area contributed by atoms with Gasteiger partial charge in [0.05, 0.1) is 22.7 Å². The normalized spacial score (nSPS) is 10.2. The van der Waals surface area contributed by atoms with Crippen LogP contribution < -0.4 is 5.32 Å². The largest absolute Gasteiger partial charge is 0.314 e. The highest BCUT2D eigenvalue weighted by molar-refractivity contribution is 6.05. The standard InChI is InChI=1S/C12H6F3N3O3/c13-6-3-8(14)11(10(4-6)18(20)21)17-12(19)7-1-2-16-5-9(7)15/h1-5H,(H,17,19). The Bertz CT molecular complexity index is 737. The molecule has 1 aromatic heterocycles. The molecular formula is C12H6F3N3O3. The highest BCUT2D eigenvalue weighted by atomic mass is 19.1. The molecular weight excluding hydrogens is 291 g/mol. The topological polar surface area (TPSA) is 85.1 Å². The van der Waals surface area contributed by atoms with Gasteiger partial charge >= 0.3 is 0 Å². The minimum atomic E-state index is -1.34. The lowest BCUT2D eigenvalue weighted by Gasteiger charge is -2.07. The molecule has 2 rings (SSSR count). The highest BCUT2D eigenvalue weighted by Gasteiger charge is 2.23. The van der Waals surface area contributed by atoms with Crippen LogP contribution in [0.15, 0.2) is 30.6 Å². The zero-order valence-corrected chi connectivity index (χ0v) is 10.1. The number of nitro benzene ring substituents is 1. The summed E-state index contributed by atoms with van der Waals surface area (Å²) in [5.74, 6) is -4.62. The van der Waals surface area contributed by atoms with Crippen LogP contribution >= 0.6 is 0 Å². The van der Waals surface area contributed by atoms with E-state index in [0.29, 0.717) is 12.1 Å². The molecule has 21 heavy (non-hydrogen) atoms. The van der Waals surface area contributed by atoms with E-state index in [1.807, 2.05) is 5.32 Å². The van der Waals surface area contributed by atoms with Crippen LogP contribution in [-0.2, 0) is 0 Å². The number of aromatic nitrogens is 1. The summed E-state index contributed by atoms with van der Waals surface area (Å²) in [6.07, 6.45) is 1.87. The lowest BCUT2D eigenvalue weighted by Crippen LogP contribution is -2.16. The summed E-state index contributed by atoms with van der Waals surface area (Å²) in [7, 11) is 0. The number of carbonyl (C=O) groups excluding carboxylic acids is 1. The number of rotatable bonds is 3. The van der Waals surface area contributed by atoms with E-state index in [0.717, 1.165) is 18.5 Å². The van der Waals surface area contributed by atoms with E-state index < -0.39 is 45.2 Å². The van der Waals surface area contributed by atoms with Crippen LogP contribution in [0.3, 0.4) is 0 Å². The van der Waals surface area contributed by atoms with Gasteiger partial charge in [-0.3, -0.25) is 19.9 Å². The molecule has 2 aromatic rings. The van der Waals surface area contributed by atoms with Crippen molar-refractivity contribution >= 4 is 17.3 Å². The molecule has 0 spiro atoms. The van der Waals surface area contributed by atoms with Gasteiger partial charge in [-0.2, -0.15) is 0 Å². The molecule has 0 aliphatic rings. The molecule has 0 radical (unpaired) electrons. The van der Waals surface area contributed by atoms with Crippen LogP contribution in [0.25, 0.3) is 0 Å². The Morgan fingerprint density at radius 1 is 1.24 bits per heavy atom. The number of nitrogens with one attached hydrogen (secondary N) is 1. The van der Waals surface area contributed by atoms with Gasteiger partial charge in [0.15, 0.2) is 17.3 Å². The van der Waals surface area contributed by atoms with Gasteiger partial charge in [0.1, 0.15) is 5.82 Å². The van der Waals surface area contributed by atoms with E-state index in [1.54, 1.807) is 0 Å². The van der Waals surface area contributed by atoms with E-state index in [2.05, 4.69) is 4.98 Å². The van der Waals surface area contributed by atoms with E-state index in [-0.39, 0.29) is 0 Å². The summed E-state index contributed by atoms with van der Waals surface area (Å²) in [6, 6.07) is 1.82. The number of hydrogen-bond acceptors (Lipinski definition) is 4. The number of amides is 1. The molecule has 9 heteroatoms. The van der Waals surface area contributed by atoms with Gasteiger partial charge in [0.25, 0.3) is 11.6 Å². The first-order valence-electron chi connectivity index (χ1n) is 5.44. The first-order valence-corrected chi connectivity index (χ1v) is 5.44. The summed E-state index contributed by atoms with van der Waals surface area (Å²) >= 11 is 0. The molecule has 0 fully saturated rings. The SMILES string of the molecule is O=C(Nc1c(F)cc(F)cc1[N+](=O)[O-])c1ccncc1F. The quantitative estimate of drug-likeness (QED) is 0.697. The number of carbonyl (C=O) groups is 1. The molecule has 0 atom stereocenters. The molecule has 0 saturated heterocycles. The third-order valence-corrected chi connectivity index (χ3v) is 2.49. The molecule has 0 bridgehead atoms. The minimum Gasteiger partial charge on any atom is -0.314 e. The molecule has 0 unspecified atom stereocenters. The number of benzene rings is 1. The lowest BCUT2D eigenvalue weighted by molar-refractivity contribution is -0.384. The smallest absolute Gasteiger partial charge is 0.298 e. The molecule has 0 saturated carbocycles. The maximum Gasteiger partial charge on any atom is 0.298 e. The molecule has 108 valence electrons. The number of pyridine rings is 1. The van der Waals surface area contributed by atoms with E-state index in [9.17, 15) is 28.1 Å². The Labute approximate surface area is 115 Å². The van der Waals surface area contributed by atoms with Crippen molar-refractivity contribution in [2.75, 3.05) is 5.32 Å². The number of hydrogen-bond donors (Lipinski definition) is 1. The predicted molar refractivity (Wildman–Crippen MR) is 65.2 cm³/mol. The van der Waals surface area contributed by atoms with Crippen molar-refractivity contribution in [2.45, 2.75) is 0 Å². The molecule has 1 heterocycles. The zero-order valence-electron chi connectivity index (χ0n) is 10.1.